The molecule has 5 rings (SSSR count). The number of amides is 2. The fourth-order valence-corrected chi connectivity index (χ4v) is 4.48. The second-order valence-corrected chi connectivity index (χ2v) is 8.44. The van der Waals surface area contributed by atoms with Crippen LogP contribution in [0, 0.1) is 13.8 Å². The Labute approximate surface area is 186 Å². The number of aromatic nitrogens is 2. The van der Waals surface area contributed by atoms with Crippen LogP contribution in [0.3, 0.4) is 0 Å². The van der Waals surface area contributed by atoms with Crippen LogP contribution < -0.4 is 4.90 Å². The van der Waals surface area contributed by atoms with Crippen LogP contribution in [-0.2, 0) is 13.1 Å². The summed E-state index contributed by atoms with van der Waals surface area (Å²) in [5.41, 5.74) is 5.41. The zero-order chi connectivity index (χ0) is 22.2. The van der Waals surface area contributed by atoms with E-state index in [1.54, 1.807) is 13.0 Å². The Morgan fingerprint density at radius 3 is 2.41 bits per heavy atom. The average molecular weight is 431 g/mol. The molecule has 3 aromatic rings. The number of nitrogens with zero attached hydrogens (tertiary/aromatic N) is 5. The van der Waals surface area contributed by atoms with Gasteiger partial charge in [0.05, 0.1) is 23.4 Å². The Hall–Kier alpha value is -3.52. The molecule has 2 amide bonds. The molecule has 1 saturated heterocycles. The third-order valence-corrected chi connectivity index (χ3v) is 6.23. The van der Waals surface area contributed by atoms with Crippen LogP contribution in [0.25, 0.3) is 0 Å². The second kappa shape index (κ2) is 8.20. The predicted octanol–water partition coefficient (Wildman–Crippen LogP) is 2.80. The van der Waals surface area contributed by atoms with Gasteiger partial charge in [0, 0.05) is 32.7 Å². The lowest BCUT2D eigenvalue weighted by molar-refractivity contribution is 0.0639. The smallest absolute Gasteiger partial charge is 0.264 e. The highest BCUT2D eigenvalue weighted by molar-refractivity contribution is 6.23. The van der Waals surface area contributed by atoms with Crippen LogP contribution in [0.4, 0.5) is 5.69 Å². The van der Waals surface area contributed by atoms with Gasteiger partial charge in [-0.2, -0.15) is 0 Å². The van der Waals surface area contributed by atoms with Gasteiger partial charge in [-0.15, -0.1) is 0 Å². The lowest BCUT2D eigenvalue weighted by Crippen LogP contribution is -2.46. The average Bonchev–Trinajstić information content (AvgIpc) is 3.30. The Morgan fingerprint density at radius 1 is 0.906 bits per heavy atom. The fourth-order valence-electron chi connectivity index (χ4n) is 4.48. The Bertz CT molecular complexity index is 1180. The van der Waals surface area contributed by atoms with E-state index < -0.39 is 0 Å². The van der Waals surface area contributed by atoms with Crippen LogP contribution in [0.5, 0.6) is 0 Å². The number of piperazine rings is 1. The van der Waals surface area contributed by atoms with E-state index in [9.17, 15) is 9.59 Å². The first kappa shape index (κ1) is 20.4. The molecule has 0 spiro atoms. The van der Waals surface area contributed by atoms with Crippen molar-refractivity contribution >= 4 is 17.5 Å². The summed E-state index contributed by atoms with van der Waals surface area (Å²) >= 11 is 0. The molecule has 2 aromatic carbocycles. The second-order valence-electron chi connectivity index (χ2n) is 8.44. The predicted molar refractivity (Wildman–Crippen MR) is 118 cm³/mol. The van der Waals surface area contributed by atoms with E-state index in [1.807, 2.05) is 12.1 Å². The van der Waals surface area contributed by atoms with Crippen LogP contribution in [-0.4, -0.2) is 58.1 Å². The Balaban J connectivity index is 1.31. The van der Waals surface area contributed by atoms with Gasteiger partial charge < -0.3 is 4.90 Å². The number of hydrogen-bond acceptors (Lipinski definition) is 7. The van der Waals surface area contributed by atoms with Crippen LogP contribution in [0.2, 0.25) is 0 Å². The molecule has 3 heterocycles. The zero-order valence-electron chi connectivity index (χ0n) is 18.2. The van der Waals surface area contributed by atoms with Crippen LogP contribution >= 0.6 is 0 Å². The summed E-state index contributed by atoms with van der Waals surface area (Å²) in [5, 5.41) is 7.57. The normalized spacial score (nSPS) is 16.7. The number of carbonyl (C=O) groups excluding carboxylic acids is 2. The summed E-state index contributed by atoms with van der Waals surface area (Å²) in [5.74, 6) is -0.586. The number of fused-ring (bicyclic) bond motifs is 1. The monoisotopic (exact) mass is 431 g/mol. The summed E-state index contributed by atoms with van der Waals surface area (Å²) in [4.78, 5) is 32.1. The van der Waals surface area contributed by atoms with Gasteiger partial charge in [0.25, 0.3) is 11.8 Å². The number of benzene rings is 2. The van der Waals surface area contributed by atoms with E-state index in [0.717, 1.165) is 38.4 Å². The van der Waals surface area contributed by atoms with Gasteiger partial charge in [-0.3, -0.25) is 19.4 Å². The molecule has 0 radical (unpaired) electrons. The largest absolute Gasteiger partial charge is 0.368 e. The van der Waals surface area contributed by atoms with Gasteiger partial charge in [-0.05, 0) is 31.5 Å². The first-order chi connectivity index (χ1) is 15.5. The van der Waals surface area contributed by atoms with Gasteiger partial charge in [0.15, 0.2) is 0 Å². The molecule has 0 bridgehead atoms. The van der Waals surface area contributed by atoms with Gasteiger partial charge in [-0.1, -0.05) is 46.2 Å². The number of hydrogen-bond donors (Lipinski definition) is 0. The van der Waals surface area contributed by atoms with E-state index in [0.29, 0.717) is 22.5 Å². The molecule has 0 saturated carbocycles. The highest BCUT2D eigenvalue weighted by Crippen LogP contribution is 2.33. The fraction of sp³-hybridized carbons (Fsp3) is 0.333. The minimum absolute atomic E-state index is 0.0609. The summed E-state index contributed by atoms with van der Waals surface area (Å²) in [7, 11) is 0. The lowest BCUT2D eigenvalue weighted by atomic mass is 10.1. The number of aryl methyl sites for hydroxylation is 2. The molecular weight excluding hydrogens is 406 g/mol. The van der Waals surface area contributed by atoms with Gasteiger partial charge in [0.1, 0.15) is 11.4 Å². The van der Waals surface area contributed by atoms with Crippen molar-refractivity contribution in [2.75, 3.05) is 31.1 Å². The Kier molecular flexibility index (Phi) is 5.22. The van der Waals surface area contributed by atoms with E-state index >= 15 is 0 Å². The van der Waals surface area contributed by atoms with Crippen LogP contribution in [0.1, 0.15) is 43.2 Å². The van der Waals surface area contributed by atoms with E-state index in [4.69, 9.17) is 4.63 Å². The summed E-state index contributed by atoms with van der Waals surface area (Å²) < 4.78 is 4.72. The Morgan fingerprint density at radius 2 is 1.69 bits per heavy atom. The number of carbonyl (C=O) groups is 2. The van der Waals surface area contributed by atoms with Crippen molar-refractivity contribution in [3.8, 4) is 0 Å². The van der Waals surface area contributed by atoms with Crippen LogP contribution in [0.15, 0.2) is 47.1 Å². The van der Waals surface area contributed by atoms with Gasteiger partial charge >= 0.3 is 0 Å². The molecule has 8 nitrogen and oxygen atoms in total. The number of anilines is 1. The molecule has 8 heteroatoms. The molecule has 0 atom stereocenters. The zero-order valence-corrected chi connectivity index (χ0v) is 18.2. The van der Waals surface area contributed by atoms with E-state index in [2.05, 4.69) is 51.3 Å². The maximum absolute atomic E-state index is 13.2. The molecule has 2 aliphatic rings. The summed E-state index contributed by atoms with van der Waals surface area (Å²) in [6, 6.07) is 14.1. The van der Waals surface area contributed by atoms with Crippen molar-refractivity contribution in [1.29, 1.82) is 0 Å². The molecule has 0 N–H and O–H groups in total. The van der Waals surface area contributed by atoms with E-state index in [1.165, 1.54) is 16.0 Å². The maximum Gasteiger partial charge on any atom is 0.264 e. The number of imide groups is 1. The van der Waals surface area contributed by atoms with Gasteiger partial charge in [-0.25, -0.2) is 4.63 Å². The molecule has 2 aliphatic heterocycles. The summed E-state index contributed by atoms with van der Waals surface area (Å²) in [6.07, 6.45) is 0. The standard InChI is InChI=1S/C24H25N5O3/c1-16-5-3-6-18(13-16)14-27-9-11-28(12-10-27)21-8-4-7-19-22(21)24(31)29(23(19)30)15-20-17(2)25-32-26-20/h3-8,13H,9-12,14-15H2,1-2H3. The third kappa shape index (κ3) is 3.67. The molecule has 0 unspecified atom stereocenters. The third-order valence-electron chi connectivity index (χ3n) is 6.23. The van der Waals surface area contributed by atoms with Crippen molar-refractivity contribution in [3.05, 3.63) is 76.1 Å². The maximum atomic E-state index is 13.2. The minimum Gasteiger partial charge on any atom is -0.368 e. The van der Waals surface area contributed by atoms with Gasteiger partial charge in [0.2, 0.25) is 0 Å². The van der Waals surface area contributed by atoms with E-state index in [-0.39, 0.29) is 18.4 Å². The number of rotatable bonds is 5. The first-order valence-corrected chi connectivity index (χ1v) is 10.8. The molecular formula is C24H25N5O3. The SMILES string of the molecule is Cc1cccc(CN2CCN(c3cccc4c3C(=O)N(Cc3nonc3C)C4=O)CC2)c1. The molecule has 1 fully saturated rings. The molecule has 164 valence electrons. The van der Waals surface area contributed by atoms with Crippen molar-refractivity contribution in [2.45, 2.75) is 26.9 Å². The minimum atomic E-state index is -0.299. The highest BCUT2D eigenvalue weighted by atomic mass is 16.6. The lowest BCUT2D eigenvalue weighted by Gasteiger charge is -2.36. The quantitative estimate of drug-likeness (QED) is 0.575. The van der Waals surface area contributed by atoms with Crippen molar-refractivity contribution in [3.63, 3.8) is 0 Å². The molecule has 32 heavy (non-hydrogen) atoms. The molecule has 0 aliphatic carbocycles. The van der Waals surface area contributed by atoms with Crippen molar-refractivity contribution in [1.82, 2.24) is 20.1 Å². The summed E-state index contributed by atoms with van der Waals surface area (Å²) in [6.45, 7) is 8.22. The van der Waals surface area contributed by atoms with Crippen molar-refractivity contribution in [2.24, 2.45) is 0 Å². The highest BCUT2D eigenvalue weighted by Gasteiger charge is 2.39. The molecule has 1 aromatic heterocycles. The topological polar surface area (TPSA) is 82.8 Å². The first-order valence-electron chi connectivity index (χ1n) is 10.8. The van der Waals surface area contributed by atoms with Crippen molar-refractivity contribution < 1.29 is 14.2 Å².